The van der Waals surface area contributed by atoms with Crippen LogP contribution in [0.3, 0.4) is 0 Å². The third-order valence-electron chi connectivity index (χ3n) is 4.59. The van der Waals surface area contributed by atoms with Crippen LogP contribution in [0.25, 0.3) is 0 Å². The largest absolute Gasteiger partial charge is 0.435 e. The van der Waals surface area contributed by atoms with Crippen LogP contribution < -0.4 is 10.1 Å². The summed E-state index contributed by atoms with van der Waals surface area (Å²) in [6, 6.07) is 7.82. The molecule has 0 bridgehead atoms. The predicted octanol–water partition coefficient (Wildman–Crippen LogP) is 3.79. The van der Waals surface area contributed by atoms with Crippen molar-refractivity contribution in [1.29, 1.82) is 0 Å². The van der Waals surface area contributed by atoms with Crippen LogP contribution in [0.15, 0.2) is 29.3 Å². The molecule has 1 atom stereocenters. The maximum atomic E-state index is 12.2. The number of benzene rings is 1. The lowest BCUT2D eigenvalue weighted by Gasteiger charge is -2.25. The highest BCUT2D eigenvalue weighted by Crippen LogP contribution is 2.26. The van der Waals surface area contributed by atoms with Gasteiger partial charge in [-0.25, -0.2) is 0 Å². The first kappa shape index (κ1) is 23.9. The molecule has 1 aliphatic rings. The molecule has 2 rings (SSSR count). The lowest BCUT2D eigenvalue weighted by Crippen LogP contribution is -2.40. The molecule has 1 fully saturated rings. The van der Waals surface area contributed by atoms with E-state index in [-0.39, 0.29) is 29.7 Å². The fourth-order valence-corrected chi connectivity index (χ4v) is 2.78. The van der Waals surface area contributed by atoms with Gasteiger partial charge in [-0.2, -0.15) is 8.78 Å². The summed E-state index contributed by atoms with van der Waals surface area (Å²) in [4.78, 5) is 9.20. The van der Waals surface area contributed by atoms with Gasteiger partial charge in [0.15, 0.2) is 5.96 Å². The van der Waals surface area contributed by atoms with E-state index < -0.39 is 6.61 Å². The standard InChI is InChI=1S/C19H30F2N4O.HI/c1-5-22-19(23-12-14(2)25(4)16-8-9-16)24(3)13-15-6-10-17(11-7-15)26-18(20)21;/h6-7,10-11,14,16,18H,5,8-9,12-13H2,1-4H3,(H,22,23);1H. The van der Waals surface area contributed by atoms with E-state index in [0.29, 0.717) is 12.6 Å². The van der Waals surface area contributed by atoms with Crippen molar-refractivity contribution in [2.75, 3.05) is 27.2 Å². The van der Waals surface area contributed by atoms with Crippen molar-refractivity contribution in [3.05, 3.63) is 29.8 Å². The minimum atomic E-state index is -2.80. The average Bonchev–Trinajstić information content (AvgIpc) is 3.43. The Morgan fingerprint density at radius 1 is 1.26 bits per heavy atom. The normalized spacial score (nSPS) is 15.5. The zero-order valence-corrected chi connectivity index (χ0v) is 18.8. The van der Waals surface area contributed by atoms with Crippen LogP contribution in [-0.4, -0.2) is 61.6 Å². The molecule has 0 radical (unpaired) electrons. The average molecular weight is 496 g/mol. The van der Waals surface area contributed by atoms with Crippen LogP contribution >= 0.6 is 24.0 Å². The summed E-state index contributed by atoms with van der Waals surface area (Å²) < 4.78 is 28.8. The lowest BCUT2D eigenvalue weighted by atomic mass is 10.2. The van der Waals surface area contributed by atoms with Crippen LogP contribution in [0.2, 0.25) is 0 Å². The number of alkyl halides is 2. The van der Waals surface area contributed by atoms with Gasteiger partial charge in [-0.3, -0.25) is 9.89 Å². The highest BCUT2D eigenvalue weighted by Gasteiger charge is 2.28. The van der Waals surface area contributed by atoms with Crippen LogP contribution in [0, 0.1) is 0 Å². The van der Waals surface area contributed by atoms with Crippen LogP contribution in [-0.2, 0) is 6.54 Å². The molecule has 8 heteroatoms. The van der Waals surface area contributed by atoms with Gasteiger partial charge in [-0.1, -0.05) is 12.1 Å². The molecule has 0 amide bonds. The summed E-state index contributed by atoms with van der Waals surface area (Å²) in [5.41, 5.74) is 1.00. The summed E-state index contributed by atoms with van der Waals surface area (Å²) in [5.74, 6) is 1.01. The molecule has 0 spiro atoms. The number of nitrogens with one attached hydrogen (secondary N) is 1. The number of aliphatic imine (C=N–C) groups is 1. The second-order valence-corrected chi connectivity index (χ2v) is 6.82. The molecule has 0 aromatic heterocycles. The first-order valence-electron chi connectivity index (χ1n) is 9.15. The smallest absolute Gasteiger partial charge is 0.387 e. The monoisotopic (exact) mass is 496 g/mol. The quantitative estimate of drug-likeness (QED) is 0.321. The van der Waals surface area contributed by atoms with Crippen LogP contribution in [0.5, 0.6) is 5.75 Å². The van der Waals surface area contributed by atoms with Crippen molar-refractivity contribution in [3.8, 4) is 5.75 Å². The lowest BCUT2D eigenvalue weighted by molar-refractivity contribution is -0.0498. The van der Waals surface area contributed by atoms with Crippen molar-refractivity contribution >= 4 is 29.9 Å². The molecule has 1 unspecified atom stereocenters. The fraction of sp³-hybridized carbons (Fsp3) is 0.632. The fourth-order valence-electron chi connectivity index (χ4n) is 2.78. The third-order valence-corrected chi connectivity index (χ3v) is 4.59. The van der Waals surface area contributed by atoms with E-state index >= 15 is 0 Å². The number of hydrogen-bond acceptors (Lipinski definition) is 3. The van der Waals surface area contributed by atoms with Gasteiger partial charge < -0.3 is 15.0 Å². The topological polar surface area (TPSA) is 40.1 Å². The van der Waals surface area contributed by atoms with E-state index in [9.17, 15) is 8.78 Å². The van der Waals surface area contributed by atoms with Gasteiger partial charge in [0, 0.05) is 32.2 Å². The van der Waals surface area contributed by atoms with Crippen molar-refractivity contribution in [2.24, 2.45) is 4.99 Å². The number of rotatable bonds is 9. The Bertz CT molecular complexity index is 582. The molecule has 1 aliphatic carbocycles. The molecule has 1 N–H and O–H groups in total. The van der Waals surface area contributed by atoms with Gasteiger partial charge >= 0.3 is 6.61 Å². The summed E-state index contributed by atoms with van der Waals surface area (Å²) in [6.45, 7) is 3.60. The first-order valence-corrected chi connectivity index (χ1v) is 9.15. The highest BCUT2D eigenvalue weighted by molar-refractivity contribution is 14.0. The summed E-state index contributed by atoms with van der Waals surface area (Å²) in [7, 11) is 4.14. The maximum absolute atomic E-state index is 12.2. The summed E-state index contributed by atoms with van der Waals surface area (Å²) in [6.07, 6.45) is 2.57. The zero-order valence-electron chi connectivity index (χ0n) is 16.5. The van der Waals surface area contributed by atoms with E-state index in [4.69, 9.17) is 4.99 Å². The predicted molar refractivity (Wildman–Crippen MR) is 116 cm³/mol. The van der Waals surface area contributed by atoms with E-state index in [1.807, 2.05) is 18.9 Å². The highest BCUT2D eigenvalue weighted by atomic mass is 127. The molecule has 5 nitrogen and oxygen atoms in total. The SMILES string of the molecule is CCNC(=NCC(C)N(C)C1CC1)N(C)Cc1ccc(OC(F)F)cc1.I. The molecule has 0 aliphatic heterocycles. The molecule has 1 aromatic carbocycles. The van der Waals surface area contributed by atoms with E-state index in [2.05, 4.69) is 28.9 Å². The Labute approximate surface area is 178 Å². The number of nitrogens with zero attached hydrogens (tertiary/aromatic N) is 3. The van der Waals surface area contributed by atoms with E-state index in [1.165, 1.54) is 12.8 Å². The van der Waals surface area contributed by atoms with Crippen molar-refractivity contribution < 1.29 is 13.5 Å². The van der Waals surface area contributed by atoms with Gasteiger partial charge in [-0.15, -0.1) is 24.0 Å². The molecule has 1 aromatic rings. The number of guanidine groups is 1. The van der Waals surface area contributed by atoms with Gasteiger partial charge in [-0.05, 0) is 51.4 Å². The second kappa shape index (κ2) is 11.6. The molecule has 0 saturated heterocycles. The number of ether oxygens (including phenoxy) is 1. The maximum Gasteiger partial charge on any atom is 0.387 e. The molecule has 1 saturated carbocycles. The molecule has 154 valence electrons. The van der Waals surface area contributed by atoms with E-state index in [1.54, 1.807) is 24.3 Å². The van der Waals surface area contributed by atoms with Crippen molar-refractivity contribution in [3.63, 3.8) is 0 Å². The van der Waals surface area contributed by atoms with Crippen molar-refractivity contribution in [2.45, 2.75) is 51.9 Å². The first-order chi connectivity index (χ1) is 12.4. The minimum absolute atomic E-state index is 0. The van der Waals surface area contributed by atoms with Gasteiger partial charge in [0.05, 0.1) is 6.54 Å². The van der Waals surface area contributed by atoms with Crippen molar-refractivity contribution in [1.82, 2.24) is 15.1 Å². The molecule has 27 heavy (non-hydrogen) atoms. The number of halogens is 3. The number of hydrogen-bond donors (Lipinski definition) is 1. The third kappa shape index (κ3) is 8.16. The number of likely N-dealkylation sites (N-methyl/N-ethyl adjacent to an activating group) is 1. The Balaban J connectivity index is 0.00000364. The summed E-state index contributed by atoms with van der Waals surface area (Å²) in [5, 5.41) is 3.31. The van der Waals surface area contributed by atoms with E-state index in [0.717, 1.165) is 30.7 Å². The molecular formula is C19H31F2IN4O. The Morgan fingerprint density at radius 2 is 1.89 bits per heavy atom. The van der Waals surface area contributed by atoms with Crippen LogP contribution in [0.1, 0.15) is 32.3 Å². The Hall–Kier alpha value is -1.16. The molecule has 0 heterocycles. The van der Waals surface area contributed by atoms with Gasteiger partial charge in [0.25, 0.3) is 0 Å². The summed E-state index contributed by atoms with van der Waals surface area (Å²) >= 11 is 0. The Kier molecular flexibility index (Phi) is 10.3. The van der Waals surface area contributed by atoms with Gasteiger partial charge in [0.2, 0.25) is 0 Å². The second-order valence-electron chi connectivity index (χ2n) is 6.82. The zero-order chi connectivity index (χ0) is 19.1. The van der Waals surface area contributed by atoms with Gasteiger partial charge in [0.1, 0.15) is 5.75 Å². The minimum Gasteiger partial charge on any atom is -0.435 e. The Morgan fingerprint density at radius 3 is 2.41 bits per heavy atom. The molecular weight excluding hydrogens is 465 g/mol. The van der Waals surface area contributed by atoms with Crippen LogP contribution in [0.4, 0.5) is 8.78 Å².